The molecule has 0 spiro atoms. The lowest BCUT2D eigenvalue weighted by molar-refractivity contribution is 0.568. The van der Waals surface area contributed by atoms with Gasteiger partial charge < -0.3 is 10.2 Å². The molecule has 0 aliphatic heterocycles. The molecule has 1 aromatic carbocycles. The van der Waals surface area contributed by atoms with Crippen molar-refractivity contribution in [2.24, 2.45) is 5.73 Å². The third-order valence-electron chi connectivity index (χ3n) is 2.88. The molecule has 4 heteroatoms. The molecule has 0 atom stereocenters. The molecule has 0 aliphatic rings. The topological polar surface area (TPSA) is 52.0 Å². The lowest BCUT2D eigenvalue weighted by Crippen LogP contribution is -2.02. The summed E-state index contributed by atoms with van der Waals surface area (Å²) in [5, 5.41) is 0.982. The Morgan fingerprint density at radius 3 is 2.63 bits per heavy atom. The van der Waals surface area contributed by atoms with E-state index in [0.717, 1.165) is 28.2 Å². The standard InChI is InChI=1S/C15H14N2OS/c16-8-6-13-14(11-4-2-1-3-5-11)17-15(19-13)12-7-9-18-10-12/h1-5,7,9-10H,6,8,16H2. The van der Waals surface area contributed by atoms with E-state index in [2.05, 4.69) is 12.1 Å². The van der Waals surface area contributed by atoms with Crippen LogP contribution in [0.3, 0.4) is 0 Å². The Morgan fingerprint density at radius 1 is 1.11 bits per heavy atom. The van der Waals surface area contributed by atoms with Crippen LogP contribution >= 0.6 is 11.3 Å². The smallest absolute Gasteiger partial charge is 0.127 e. The van der Waals surface area contributed by atoms with Crippen molar-refractivity contribution in [1.82, 2.24) is 4.98 Å². The Hall–Kier alpha value is -1.91. The van der Waals surface area contributed by atoms with Crippen molar-refractivity contribution < 1.29 is 4.42 Å². The van der Waals surface area contributed by atoms with Gasteiger partial charge in [-0.05, 0) is 19.0 Å². The van der Waals surface area contributed by atoms with Crippen LogP contribution in [0.5, 0.6) is 0 Å². The predicted molar refractivity (Wildman–Crippen MR) is 78.0 cm³/mol. The van der Waals surface area contributed by atoms with Crippen LogP contribution < -0.4 is 5.73 Å². The maximum atomic E-state index is 5.70. The highest BCUT2D eigenvalue weighted by atomic mass is 32.1. The van der Waals surface area contributed by atoms with Gasteiger partial charge in [-0.15, -0.1) is 11.3 Å². The molecule has 2 aromatic heterocycles. The third-order valence-corrected chi connectivity index (χ3v) is 4.05. The van der Waals surface area contributed by atoms with E-state index in [-0.39, 0.29) is 0 Å². The fourth-order valence-corrected chi connectivity index (χ4v) is 3.07. The maximum Gasteiger partial charge on any atom is 0.127 e. The number of rotatable bonds is 4. The van der Waals surface area contributed by atoms with Crippen molar-refractivity contribution in [2.45, 2.75) is 6.42 Å². The van der Waals surface area contributed by atoms with Gasteiger partial charge in [0.25, 0.3) is 0 Å². The Morgan fingerprint density at radius 2 is 1.95 bits per heavy atom. The second-order valence-corrected chi connectivity index (χ2v) is 5.29. The molecule has 0 aliphatic carbocycles. The highest BCUT2D eigenvalue weighted by molar-refractivity contribution is 7.15. The van der Waals surface area contributed by atoms with Gasteiger partial charge in [0.1, 0.15) is 11.3 Å². The van der Waals surface area contributed by atoms with Crippen molar-refractivity contribution >= 4 is 11.3 Å². The first kappa shape index (κ1) is 12.1. The van der Waals surface area contributed by atoms with Gasteiger partial charge in [-0.2, -0.15) is 0 Å². The molecular formula is C15H14N2OS. The summed E-state index contributed by atoms with van der Waals surface area (Å²) in [6.45, 7) is 0.632. The predicted octanol–water partition coefficient (Wildman–Crippen LogP) is 3.57. The zero-order valence-corrected chi connectivity index (χ0v) is 11.2. The van der Waals surface area contributed by atoms with E-state index in [1.807, 2.05) is 24.3 Å². The first-order valence-electron chi connectivity index (χ1n) is 6.16. The average molecular weight is 270 g/mol. The van der Waals surface area contributed by atoms with Crippen LogP contribution in [-0.4, -0.2) is 11.5 Å². The minimum atomic E-state index is 0.632. The summed E-state index contributed by atoms with van der Waals surface area (Å²) in [7, 11) is 0. The molecule has 0 saturated carbocycles. The number of aromatic nitrogens is 1. The number of hydrogen-bond acceptors (Lipinski definition) is 4. The van der Waals surface area contributed by atoms with Gasteiger partial charge in [-0.1, -0.05) is 30.3 Å². The van der Waals surface area contributed by atoms with Crippen molar-refractivity contribution in [1.29, 1.82) is 0 Å². The maximum absolute atomic E-state index is 5.70. The van der Waals surface area contributed by atoms with E-state index in [4.69, 9.17) is 15.1 Å². The van der Waals surface area contributed by atoms with Gasteiger partial charge in [-0.3, -0.25) is 0 Å². The van der Waals surface area contributed by atoms with Gasteiger partial charge in [0.05, 0.1) is 12.0 Å². The lowest BCUT2D eigenvalue weighted by atomic mass is 10.1. The summed E-state index contributed by atoms with van der Waals surface area (Å²) >= 11 is 1.69. The van der Waals surface area contributed by atoms with Gasteiger partial charge in [0.2, 0.25) is 0 Å². The van der Waals surface area contributed by atoms with E-state index < -0.39 is 0 Å². The summed E-state index contributed by atoms with van der Waals surface area (Å²) in [6.07, 6.45) is 4.24. The van der Waals surface area contributed by atoms with Gasteiger partial charge in [-0.25, -0.2) is 4.98 Å². The minimum Gasteiger partial charge on any atom is -0.472 e. The Bertz CT molecular complexity index is 644. The van der Waals surface area contributed by atoms with Crippen LogP contribution in [0.2, 0.25) is 0 Å². The molecule has 0 fully saturated rings. The number of nitrogens with two attached hydrogens (primary N) is 1. The molecule has 96 valence electrons. The summed E-state index contributed by atoms with van der Waals surface area (Å²) in [6, 6.07) is 12.1. The third kappa shape index (κ3) is 2.45. The Labute approximate surface area is 115 Å². The molecule has 3 nitrogen and oxygen atoms in total. The van der Waals surface area contributed by atoms with Crippen molar-refractivity contribution in [3.05, 3.63) is 53.8 Å². The van der Waals surface area contributed by atoms with Crippen LogP contribution in [0.15, 0.2) is 53.3 Å². The minimum absolute atomic E-state index is 0.632. The number of benzene rings is 1. The van der Waals surface area contributed by atoms with E-state index >= 15 is 0 Å². The summed E-state index contributed by atoms with van der Waals surface area (Å²) < 4.78 is 5.13. The zero-order valence-electron chi connectivity index (χ0n) is 10.4. The van der Waals surface area contributed by atoms with Crippen LogP contribution in [0.1, 0.15) is 4.88 Å². The van der Waals surface area contributed by atoms with Crippen LogP contribution in [0.25, 0.3) is 21.8 Å². The molecule has 2 N–H and O–H groups in total. The molecule has 0 saturated heterocycles. The van der Waals surface area contributed by atoms with E-state index in [1.165, 1.54) is 4.88 Å². The SMILES string of the molecule is NCCc1sc(-c2ccoc2)nc1-c1ccccc1. The summed E-state index contributed by atoms with van der Waals surface area (Å²) in [5.41, 5.74) is 8.89. The molecular weight excluding hydrogens is 256 g/mol. The second-order valence-electron chi connectivity index (χ2n) is 4.21. The van der Waals surface area contributed by atoms with Crippen LogP contribution in [-0.2, 0) is 6.42 Å². The molecule has 0 amide bonds. The highest BCUT2D eigenvalue weighted by Crippen LogP contribution is 2.34. The first-order chi connectivity index (χ1) is 9.38. The van der Waals surface area contributed by atoms with Gasteiger partial charge in [0, 0.05) is 16.0 Å². The zero-order chi connectivity index (χ0) is 13.1. The molecule has 2 heterocycles. The van der Waals surface area contributed by atoms with E-state index in [9.17, 15) is 0 Å². The summed E-state index contributed by atoms with van der Waals surface area (Å²) in [5.74, 6) is 0. The van der Waals surface area contributed by atoms with Crippen LogP contribution in [0, 0.1) is 0 Å². The van der Waals surface area contributed by atoms with Crippen molar-refractivity contribution in [3.8, 4) is 21.8 Å². The second kappa shape index (κ2) is 5.38. The molecule has 3 rings (SSSR count). The fraction of sp³-hybridized carbons (Fsp3) is 0.133. The Kier molecular flexibility index (Phi) is 3.44. The van der Waals surface area contributed by atoms with Crippen LogP contribution in [0.4, 0.5) is 0 Å². The van der Waals surface area contributed by atoms with E-state index in [1.54, 1.807) is 23.9 Å². The largest absolute Gasteiger partial charge is 0.472 e. The van der Waals surface area contributed by atoms with Crippen molar-refractivity contribution in [3.63, 3.8) is 0 Å². The van der Waals surface area contributed by atoms with Gasteiger partial charge >= 0.3 is 0 Å². The number of nitrogens with zero attached hydrogens (tertiary/aromatic N) is 1. The van der Waals surface area contributed by atoms with E-state index in [0.29, 0.717) is 6.54 Å². The first-order valence-corrected chi connectivity index (χ1v) is 6.98. The van der Waals surface area contributed by atoms with Gasteiger partial charge in [0.15, 0.2) is 0 Å². The van der Waals surface area contributed by atoms with Crippen molar-refractivity contribution in [2.75, 3.05) is 6.54 Å². The molecule has 19 heavy (non-hydrogen) atoms. The quantitative estimate of drug-likeness (QED) is 0.788. The Balaban J connectivity index is 2.08. The number of furan rings is 1. The molecule has 0 bridgehead atoms. The lowest BCUT2D eigenvalue weighted by Gasteiger charge is -2.00. The fourth-order valence-electron chi connectivity index (χ4n) is 1.98. The summed E-state index contributed by atoms with van der Waals surface area (Å²) in [4.78, 5) is 5.97. The highest BCUT2D eigenvalue weighted by Gasteiger charge is 2.14. The number of thiazole rings is 1. The molecule has 0 radical (unpaired) electrons. The average Bonchev–Trinajstić information content (AvgIpc) is 3.08. The number of hydrogen-bond donors (Lipinski definition) is 1. The molecule has 3 aromatic rings. The normalized spacial score (nSPS) is 10.8. The molecule has 0 unspecified atom stereocenters. The monoisotopic (exact) mass is 270 g/mol.